The van der Waals surface area contributed by atoms with E-state index in [0.29, 0.717) is 5.82 Å². The Morgan fingerprint density at radius 2 is 1.92 bits per heavy atom. The Morgan fingerprint density at radius 3 is 2.54 bits per heavy atom. The van der Waals surface area contributed by atoms with Crippen LogP contribution in [0.3, 0.4) is 0 Å². The Bertz CT molecular complexity index is 800. The minimum Gasteiger partial charge on any atom is -0.311 e. The van der Waals surface area contributed by atoms with Crippen LogP contribution in [0.15, 0.2) is 41.4 Å². The molecule has 0 aliphatic carbocycles. The average molecular weight is 354 g/mol. The van der Waals surface area contributed by atoms with Gasteiger partial charge in [-0.3, -0.25) is 4.79 Å². The number of hydrogen-bond donors (Lipinski definition) is 2. The number of nitrogens with one attached hydrogen (secondary N) is 2. The van der Waals surface area contributed by atoms with Crippen LogP contribution in [0, 0.1) is 5.82 Å². The van der Waals surface area contributed by atoms with Gasteiger partial charge in [-0.05, 0) is 38.1 Å². The van der Waals surface area contributed by atoms with Gasteiger partial charge in [0.2, 0.25) is 15.9 Å². The van der Waals surface area contributed by atoms with Crippen molar-refractivity contribution in [3.05, 3.63) is 42.3 Å². The van der Waals surface area contributed by atoms with Gasteiger partial charge in [0.05, 0.1) is 11.1 Å². The second kappa shape index (κ2) is 7.54. The molecule has 1 heterocycles. The van der Waals surface area contributed by atoms with Gasteiger partial charge < -0.3 is 5.32 Å². The van der Waals surface area contributed by atoms with Crippen LogP contribution in [0.1, 0.15) is 26.3 Å². The molecule has 1 aromatic carbocycles. The third kappa shape index (κ3) is 4.62. The lowest BCUT2D eigenvalue weighted by Gasteiger charge is -2.12. The van der Waals surface area contributed by atoms with Crippen LogP contribution in [0.2, 0.25) is 0 Å². The molecule has 24 heavy (non-hydrogen) atoms. The molecule has 0 spiro atoms. The molecule has 0 unspecified atom stereocenters. The van der Waals surface area contributed by atoms with Gasteiger partial charge in [-0.2, -0.15) is 5.10 Å². The number of benzene rings is 1. The third-order valence-electron chi connectivity index (χ3n) is 3.20. The van der Waals surface area contributed by atoms with Crippen molar-refractivity contribution >= 4 is 21.7 Å². The zero-order chi connectivity index (χ0) is 17.7. The molecule has 0 saturated heterocycles. The molecule has 9 heteroatoms. The molecule has 0 atom stereocenters. The number of hydrogen-bond acceptors (Lipinski definition) is 4. The number of amides is 1. The number of carbonyl (C=O) groups is 1. The minimum atomic E-state index is -3.77. The number of anilines is 1. The van der Waals surface area contributed by atoms with E-state index in [1.165, 1.54) is 12.1 Å². The van der Waals surface area contributed by atoms with Gasteiger partial charge in [0.1, 0.15) is 11.6 Å². The quantitative estimate of drug-likeness (QED) is 0.794. The monoisotopic (exact) mass is 354 g/mol. The Hall–Kier alpha value is -2.26. The van der Waals surface area contributed by atoms with Crippen LogP contribution in [0.4, 0.5) is 10.2 Å². The summed E-state index contributed by atoms with van der Waals surface area (Å²) in [5, 5.41) is 6.78. The summed E-state index contributed by atoms with van der Waals surface area (Å²) in [6.45, 7) is 3.79. The van der Waals surface area contributed by atoms with E-state index in [0.717, 1.165) is 12.1 Å². The summed E-state index contributed by atoms with van der Waals surface area (Å²) in [5.41, 5.74) is 0. The van der Waals surface area contributed by atoms with Crippen molar-refractivity contribution in [1.29, 1.82) is 0 Å². The fourth-order valence-electron chi connectivity index (χ4n) is 2.03. The van der Waals surface area contributed by atoms with E-state index < -0.39 is 15.8 Å². The maximum Gasteiger partial charge on any atom is 0.240 e. The molecule has 130 valence electrons. The highest BCUT2D eigenvalue weighted by Gasteiger charge is 2.15. The maximum absolute atomic E-state index is 12.8. The molecular weight excluding hydrogens is 335 g/mol. The van der Waals surface area contributed by atoms with Gasteiger partial charge in [-0.1, -0.05) is 0 Å². The van der Waals surface area contributed by atoms with E-state index in [-0.39, 0.29) is 29.8 Å². The number of halogens is 1. The predicted molar refractivity (Wildman–Crippen MR) is 87.4 cm³/mol. The summed E-state index contributed by atoms with van der Waals surface area (Å²) < 4.78 is 40.8. The molecule has 0 fully saturated rings. The van der Waals surface area contributed by atoms with Crippen LogP contribution in [0.5, 0.6) is 0 Å². The van der Waals surface area contributed by atoms with E-state index in [9.17, 15) is 17.6 Å². The number of sulfonamides is 1. The predicted octanol–water partition coefficient (Wildman–Crippen LogP) is 1.91. The summed E-state index contributed by atoms with van der Waals surface area (Å²) >= 11 is 0. The summed E-state index contributed by atoms with van der Waals surface area (Å²) in [6, 6.07) is 6.22. The van der Waals surface area contributed by atoms with Crippen molar-refractivity contribution in [2.75, 3.05) is 11.9 Å². The second-order valence-corrected chi connectivity index (χ2v) is 7.17. The zero-order valence-corrected chi connectivity index (χ0v) is 14.2. The molecular formula is C15H19FN4O3S. The Balaban J connectivity index is 1.88. The first-order valence-electron chi connectivity index (χ1n) is 7.38. The summed E-state index contributed by atoms with van der Waals surface area (Å²) in [5.74, 6) is -0.300. The summed E-state index contributed by atoms with van der Waals surface area (Å²) in [6.07, 6.45) is 1.54. The van der Waals surface area contributed by atoms with E-state index in [4.69, 9.17) is 0 Å². The molecule has 7 nitrogen and oxygen atoms in total. The van der Waals surface area contributed by atoms with Crippen LogP contribution < -0.4 is 10.0 Å². The van der Waals surface area contributed by atoms with Crippen molar-refractivity contribution in [2.24, 2.45) is 0 Å². The highest BCUT2D eigenvalue weighted by Crippen LogP contribution is 2.13. The molecule has 2 N–H and O–H groups in total. The Kier molecular flexibility index (Phi) is 5.68. The first-order valence-corrected chi connectivity index (χ1v) is 8.86. The third-order valence-corrected chi connectivity index (χ3v) is 4.67. The number of aromatic nitrogens is 2. The minimum absolute atomic E-state index is 0.0380. The van der Waals surface area contributed by atoms with E-state index >= 15 is 0 Å². The largest absolute Gasteiger partial charge is 0.311 e. The molecule has 1 aromatic heterocycles. The smallest absolute Gasteiger partial charge is 0.240 e. The van der Waals surface area contributed by atoms with Crippen molar-refractivity contribution < 1.29 is 17.6 Å². The number of rotatable bonds is 7. The molecule has 0 bridgehead atoms. The summed E-state index contributed by atoms with van der Waals surface area (Å²) in [4.78, 5) is 11.9. The number of nitrogens with zero attached hydrogens (tertiary/aromatic N) is 2. The first-order chi connectivity index (χ1) is 11.3. The van der Waals surface area contributed by atoms with Gasteiger partial charge in [0, 0.05) is 25.1 Å². The molecule has 0 aliphatic heterocycles. The first kappa shape index (κ1) is 18.1. The van der Waals surface area contributed by atoms with Crippen LogP contribution in [-0.4, -0.2) is 30.7 Å². The van der Waals surface area contributed by atoms with Crippen LogP contribution in [0.25, 0.3) is 0 Å². The lowest BCUT2D eigenvalue weighted by Crippen LogP contribution is -2.28. The van der Waals surface area contributed by atoms with Gasteiger partial charge >= 0.3 is 0 Å². The maximum atomic E-state index is 12.8. The highest BCUT2D eigenvalue weighted by atomic mass is 32.2. The van der Waals surface area contributed by atoms with Crippen molar-refractivity contribution in [3.8, 4) is 0 Å². The lowest BCUT2D eigenvalue weighted by atomic mass is 10.4. The molecule has 1 amide bonds. The second-order valence-electron chi connectivity index (χ2n) is 5.40. The van der Waals surface area contributed by atoms with Gasteiger partial charge in [-0.25, -0.2) is 22.2 Å². The highest BCUT2D eigenvalue weighted by molar-refractivity contribution is 7.89. The normalized spacial score (nSPS) is 11.7. The Labute approximate surface area is 139 Å². The Morgan fingerprint density at radius 1 is 1.25 bits per heavy atom. The molecule has 0 aliphatic rings. The van der Waals surface area contributed by atoms with E-state index in [1.54, 1.807) is 16.9 Å². The standard InChI is InChI=1S/C15H19FN4O3S/c1-11(2)20-14(7-9-17-20)19-15(21)8-10-18-24(22,23)13-5-3-12(16)4-6-13/h3-7,9,11,18H,8,10H2,1-2H3,(H,19,21). The zero-order valence-electron chi connectivity index (χ0n) is 13.4. The SMILES string of the molecule is CC(C)n1nccc1NC(=O)CCNS(=O)(=O)c1ccc(F)cc1. The van der Waals surface area contributed by atoms with E-state index in [2.05, 4.69) is 15.1 Å². The van der Waals surface area contributed by atoms with Crippen molar-refractivity contribution in [3.63, 3.8) is 0 Å². The molecule has 2 aromatic rings. The lowest BCUT2D eigenvalue weighted by molar-refractivity contribution is -0.116. The van der Waals surface area contributed by atoms with Gasteiger partial charge in [0.25, 0.3) is 0 Å². The fourth-order valence-corrected chi connectivity index (χ4v) is 3.06. The van der Waals surface area contributed by atoms with Crippen molar-refractivity contribution in [1.82, 2.24) is 14.5 Å². The molecule has 2 rings (SSSR count). The van der Waals surface area contributed by atoms with E-state index in [1.807, 2.05) is 13.8 Å². The van der Waals surface area contributed by atoms with Crippen LogP contribution >= 0.6 is 0 Å². The fraction of sp³-hybridized carbons (Fsp3) is 0.333. The van der Waals surface area contributed by atoms with Gasteiger partial charge in [0.15, 0.2) is 0 Å². The van der Waals surface area contributed by atoms with Crippen molar-refractivity contribution in [2.45, 2.75) is 31.2 Å². The topological polar surface area (TPSA) is 93.1 Å². The average Bonchev–Trinajstić information content (AvgIpc) is 2.95. The molecule has 0 saturated carbocycles. The van der Waals surface area contributed by atoms with Gasteiger partial charge in [-0.15, -0.1) is 0 Å². The summed E-state index contributed by atoms with van der Waals surface area (Å²) in [7, 11) is -3.77. The molecule has 0 radical (unpaired) electrons. The number of carbonyl (C=O) groups excluding carboxylic acids is 1. The van der Waals surface area contributed by atoms with Crippen LogP contribution in [-0.2, 0) is 14.8 Å².